The predicted molar refractivity (Wildman–Crippen MR) is 95.0 cm³/mol. The number of carbonyl (C=O) groups excluding carboxylic acids is 1. The topological polar surface area (TPSA) is 100 Å². The summed E-state index contributed by atoms with van der Waals surface area (Å²) in [6.45, 7) is 9.74. The number of carbonyl (C=O) groups is 1. The molecule has 8 nitrogen and oxygen atoms in total. The van der Waals surface area contributed by atoms with Crippen molar-refractivity contribution in [3.63, 3.8) is 0 Å². The Bertz CT molecular complexity index is 548. The molecule has 140 valence electrons. The molecule has 0 aromatic heterocycles. The Morgan fingerprint density at radius 1 is 1.33 bits per heavy atom. The maximum absolute atomic E-state index is 11.9. The zero-order valence-corrected chi connectivity index (χ0v) is 16.1. The van der Waals surface area contributed by atoms with Gasteiger partial charge in [-0.05, 0) is 34.1 Å². The van der Waals surface area contributed by atoms with Gasteiger partial charge in [-0.3, -0.25) is 4.99 Å². The van der Waals surface area contributed by atoms with Gasteiger partial charge >= 0.3 is 6.09 Å². The van der Waals surface area contributed by atoms with Crippen LogP contribution in [-0.2, 0) is 14.6 Å². The minimum Gasteiger partial charge on any atom is -0.444 e. The molecule has 1 heterocycles. The van der Waals surface area contributed by atoms with E-state index in [1.54, 1.807) is 4.90 Å². The quantitative estimate of drug-likeness (QED) is 0.408. The molecule has 0 radical (unpaired) electrons. The van der Waals surface area contributed by atoms with E-state index in [1.165, 1.54) is 6.26 Å². The number of hydrogen-bond acceptors (Lipinski definition) is 5. The Morgan fingerprint density at radius 3 is 2.46 bits per heavy atom. The van der Waals surface area contributed by atoms with E-state index in [-0.39, 0.29) is 17.9 Å². The summed E-state index contributed by atoms with van der Waals surface area (Å²) in [4.78, 5) is 17.9. The molecule has 9 heteroatoms. The van der Waals surface area contributed by atoms with E-state index >= 15 is 0 Å². The van der Waals surface area contributed by atoms with Crippen LogP contribution in [0.25, 0.3) is 0 Å². The van der Waals surface area contributed by atoms with E-state index in [0.29, 0.717) is 38.6 Å². The van der Waals surface area contributed by atoms with Crippen molar-refractivity contribution in [2.45, 2.75) is 45.8 Å². The SMILES string of the molecule is CCNC(=NCCCS(C)(=O)=O)NC1CN(C(=O)OC(C)(C)C)C1. The van der Waals surface area contributed by atoms with Crippen LogP contribution in [0.1, 0.15) is 34.1 Å². The van der Waals surface area contributed by atoms with Crippen LogP contribution in [0.4, 0.5) is 4.79 Å². The van der Waals surface area contributed by atoms with Crippen LogP contribution in [0.3, 0.4) is 0 Å². The Kier molecular flexibility index (Phi) is 7.31. The summed E-state index contributed by atoms with van der Waals surface area (Å²) >= 11 is 0. The Balaban J connectivity index is 2.38. The van der Waals surface area contributed by atoms with E-state index in [9.17, 15) is 13.2 Å². The standard InChI is InChI=1S/C15H30N4O4S/c1-6-16-13(17-8-7-9-24(5,21)22)18-12-10-19(11-12)14(20)23-15(2,3)4/h12H,6-11H2,1-5H3,(H2,16,17,18). The van der Waals surface area contributed by atoms with Crippen LogP contribution in [0, 0.1) is 0 Å². The fourth-order valence-electron chi connectivity index (χ4n) is 2.08. The van der Waals surface area contributed by atoms with Gasteiger partial charge < -0.3 is 20.3 Å². The Hall–Kier alpha value is -1.51. The molecule has 0 spiro atoms. The summed E-state index contributed by atoms with van der Waals surface area (Å²) in [5, 5.41) is 6.36. The van der Waals surface area contributed by atoms with Crippen LogP contribution < -0.4 is 10.6 Å². The van der Waals surface area contributed by atoms with E-state index < -0.39 is 15.4 Å². The van der Waals surface area contributed by atoms with Gasteiger partial charge in [0.25, 0.3) is 0 Å². The Morgan fingerprint density at radius 2 is 1.96 bits per heavy atom. The number of amides is 1. The van der Waals surface area contributed by atoms with Crippen molar-refractivity contribution in [2.75, 3.05) is 38.2 Å². The summed E-state index contributed by atoms with van der Waals surface area (Å²) in [7, 11) is -2.95. The van der Waals surface area contributed by atoms with E-state index in [4.69, 9.17) is 4.74 Å². The van der Waals surface area contributed by atoms with Crippen molar-refractivity contribution >= 4 is 21.9 Å². The summed E-state index contributed by atoms with van der Waals surface area (Å²) in [6, 6.07) is 0.116. The lowest BCUT2D eigenvalue weighted by Gasteiger charge is -2.40. The second-order valence-corrected chi connectivity index (χ2v) is 9.23. The average molecular weight is 362 g/mol. The third-order valence-corrected chi connectivity index (χ3v) is 4.19. The van der Waals surface area contributed by atoms with Crippen LogP contribution in [0.5, 0.6) is 0 Å². The number of sulfone groups is 1. The van der Waals surface area contributed by atoms with Gasteiger partial charge in [-0.2, -0.15) is 0 Å². The third-order valence-electron chi connectivity index (χ3n) is 3.16. The maximum Gasteiger partial charge on any atom is 0.410 e. The monoisotopic (exact) mass is 362 g/mol. The van der Waals surface area contributed by atoms with Crippen LogP contribution >= 0.6 is 0 Å². The smallest absolute Gasteiger partial charge is 0.410 e. The molecule has 1 aliphatic rings. The average Bonchev–Trinajstić information content (AvgIpc) is 2.34. The second kappa shape index (κ2) is 8.55. The van der Waals surface area contributed by atoms with Crippen LogP contribution in [0.15, 0.2) is 4.99 Å². The fraction of sp³-hybridized carbons (Fsp3) is 0.867. The van der Waals surface area contributed by atoms with Gasteiger partial charge in [0.2, 0.25) is 0 Å². The van der Waals surface area contributed by atoms with Crippen molar-refractivity contribution in [2.24, 2.45) is 4.99 Å². The van der Waals surface area contributed by atoms with E-state index in [1.807, 2.05) is 27.7 Å². The number of nitrogens with zero attached hydrogens (tertiary/aromatic N) is 2. The molecular formula is C15H30N4O4S. The summed E-state index contributed by atoms with van der Waals surface area (Å²) in [6.07, 6.45) is 1.40. The number of guanidine groups is 1. The highest BCUT2D eigenvalue weighted by molar-refractivity contribution is 7.90. The first-order valence-electron chi connectivity index (χ1n) is 8.20. The highest BCUT2D eigenvalue weighted by Gasteiger charge is 2.34. The molecule has 0 aromatic rings. The van der Waals surface area contributed by atoms with Gasteiger partial charge in [-0.15, -0.1) is 0 Å². The molecule has 2 N–H and O–H groups in total. The first-order chi connectivity index (χ1) is 11.0. The molecule has 1 fully saturated rings. The number of rotatable bonds is 6. The van der Waals surface area contributed by atoms with E-state index in [2.05, 4.69) is 15.6 Å². The van der Waals surface area contributed by atoms with Gasteiger partial charge in [-0.1, -0.05) is 0 Å². The van der Waals surface area contributed by atoms with Crippen LogP contribution in [0.2, 0.25) is 0 Å². The normalized spacial score (nSPS) is 16.5. The molecule has 0 aromatic carbocycles. The number of hydrogen-bond donors (Lipinski definition) is 2. The second-order valence-electron chi connectivity index (χ2n) is 6.97. The number of nitrogens with one attached hydrogen (secondary N) is 2. The molecule has 0 bridgehead atoms. The van der Waals surface area contributed by atoms with Gasteiger partial charge in [0.15, 0.2) is 5.96 Å². The highest BCUT2D eigenvalue weighted by atomic mass is 32.2. The Labute approximate surface area is 144 Å². The molecule has 0 unspecified atom stereocenters. The highest BCUT2D eigenvalue weighted by Crippen LogP contribution is 2.15. The zero-order chi connectivity index (χ0) is 18.4. The summed E-state index contributed by atoms with van der Waals surface area (Å²) in [5.74, 6) is 0.769. The number of ether oxygens (including phenoxy) is 1. The van der Waals surface area contributed by atoms with Crippen molar-refractivity contribution in [1.82, 2.24) is 15.5 Å². The molecule has 1 aliphatic heterocycles. The van der Waals surface area contributed by atoms with Crippen molar-refractivity contribution in [3.05, 3.63) is 0 Å². The first-order valence-corrected chi connectivity index (χ1v) is 10.3. The lowest BCUT2D eigenvalue weighted by Crippen LogP contribution is -2.63. The van der Waals surface area contributed by atoms with Crippen molar-refractivity contribution in [3.8, 4) is 0 Å². The fourth-order valence-corrected chi connectivity index (χ4v) is 2.73. The molecule has 1 saturated heterocycles. The molecule has 1 rings (SSSR count). The van der Waals surface area contributed by atoms with E-state index in [0.717, 1.165) is 0 Å². The molecular weight excluding hydrogens is 332 g/mol. The number of aliphatic imine (C=N–C) groups is 1. The minimum atomic E-state index is -2.95. The molecule has 24 heavy (non-hydrogen) atoms. The molecule has 0 atom stereocenters. The maximum atomic E-state index is 11.9. The van der Waals surface area contributed by atoms with Crippen LogP contribution in [-0.4, -0.2) is 75.2 Å². The predicted octanol–water partition coefficient (Wildman–Crippen LogP) is 0.596. The number of likely N-dealkylation sites (tertiary alicyclic amines) is 1. The summed E-state index contributed by atoms with van der Waals surface area (Å²) < 4.78 is 27.5. The van der Waals surface area contributed by atoms with Gasteiger partial charge in [0.1, 0.15) is 15.4 Å². The molecule has 0 aliphatic carbocycles. The zero-order valence-electron chi connectivity index (χ0n) is 15.3. The third kappa shape index (κ3) is 8.37. The summed E-state index contributed by atoms with van der Waals surface area (Å²) in [5.41, 5.74) is -0.494. The minimum absolute atomic E-state index is 0.116. The molecule has 1 amide bonds. The van der Waals surface area contributed by atoms with Crippen molar-refractivity contribution in [1.29, 1.82) is 0 Å². The first kappa shape index (κ1) is 20.5. The molecule has 0 saturated carbocycles. The van der Waals surface area contributed by atoms with Crippen molar-refractivity contribution < 1.29 is 17.9 Å². The van der Waals surface area contributed by atoms with Gasteiger partial charge in [0.05, 0.1) is 11.8 Å². The lowest BCUT2D eigenvalue weighted by molar-refractivity contribution is 0.00700. The van der Waals surface area contributed by atoms with Gasteiger partial charge in [-0.25, -0.2) is 13.2 Å². The largest absolute Gasteiger partial charge is 0.444 e. The lowest BCUT2D eigenvalue weighted by atomic mass is 10.1. The van der Waals surface area contributed by atoms with Gasteiger partial charge in [0, 0.05) is 32.4 Å².